The lowest BCUT2D eigenvalue weighted by molar-refractivity contribution is 1.30. The SMILES string of the molecule is c1ccc2c(c1)-c1ccccc1N(c1ccc3c(c1)c1ccccc1c1ccccc1c1ccccc1c1c3ccc3sc4ccccc4c31)c1ccccc1-2. The highest BCUT2D eigenvalue weighted by Gasteiger charge is 2.26. The van der Waals surface area contributed by atoms with E-state index < -0.39 is 0 Å². The van der Waals surface area contributed by atoms with Crippen LogP contribution in [-0.2, 0) is 0 Å². The summed E-state index contributed by atoms with van der Waals surface area (Å²) in [7, 11) is 0. The van der Waals surface area contributed by atoms with Gasteiger partial charge in [0.25, 0.3) is 0 Å². The number of nitrogens with zero attached hydrogens (tertiary/aromatic N) is 1. The van der Waals surface area contributed by atoms with Crippen molar-refractivity contribution in [1.29, 1.82) is 0 Å². The highest BCUT2D eigenvalue weighted by atomic mass is 32.1. The molecule has 10 aromatic carbocycles. The number of benzene rings is 9. The molecule has 0 fully saturated rings. The maximum Gasteiger partial charge on any atom is 0.0540 e. The van der Waals surface area contributed by atoms with E-state index in [0.29, 0.717) is 0 Å². The molecule has 56 heavy (non-hydrogen) atoms. The largest absolute Gasteiger partial charge is 0.309 e. The summed E-state index contributed by atoms with van der Waals surface area (Å²) in [6.45, 7) is 0. The third kappa shape index (κ3) is 4.54. The van der Waals surface area contributed by atoms with Crippen molar-refractivity contribution in [2.24, 2.45) is 0 Å². The van der Waals surface area contributed by atoms with E-state index in [2.05, 4.69) is 205 Å². The molecular weight excluding hydrogens is 695 g/mol. The maximum atomic E-state index is 2.48. The van der Waals surface area contributed by atoms with Gasteiger partial charge in [0, 0.05) is 37.0 Å². The second-order valence-corrected chi connectivity index (χ2v) is 15.8. The van der Waals surface area contributed by atoms with Crippen LogP contribution in [0.2, 0.25) is 0 Å². The van der Waals surface area contributed by atoms with Crippen LogP contribution in [0.25, 0.3) is 96.3 Å². The molecule has 0 atom stereocenters. The average Bonchev–Trinajstić information content (AvgIpc) is 3.60. The first-order valence-electron chi connectivity index (χ1n) is 19.3. The zero-order valence-corrected chi connectivity index (χ0v) is 31.2. The van der Waals surface area contributed by atoms with Crippen molar-refractivity contribution in [1.82, 2.24) is 0 Å². The minimum atomic E-state index is 1.13. The number of thiophene rings is 1. The summed E-state index contributed by atoms with van der Waals surface area (Å²) in [6.07, 6.45) is 0. The van der Waals surface area contributed by atoms with Crippen LogP contribution in [0, 0.1) is 0 Å². The normalized spacial score (nSPS) is 12.2. The third-order valence-electron chi connectivity index (χ3n) is 11.8. The third-order valence-corrected chi connectivity index (χ3v) is 12.9. The predicted octanol–water partition coefficient (Wildman–Crippen LogP) is 16.1. The molecule has 1 aromatic heterocycles. The van der Waals surface area contributed by atoms with Crippen molar-refractivity contribution in [3.63, 3.8) is 0 Å². The molecule has 260 valence electrons. The summed E-state index contributed by atoms with van der Waals surface area (Å²) >= 11 is 1.88. The van der Waals surface area contributed by atoms with Gasteiger partial charge in [-0.15, -0.1) is 11.3 Å². The second-order valence-electron chi connectivity index (χ2n) is 14.7. The molecule has 0 saturated carbocycles. The van der Waals surface area contributed by atoms with Crippen molar-refractivity contribution in [2.75, 3.05) is 4.90 Å². The summed E-state index contributed by atoms with van der Waals surface area (Å²) in [5.41, 5.74) is 8.41. The minimum Gasteiger partial charge on any atom is -0.309 e. The summed E-state index contributed by atoms with van der Waals surface area (Å²) in [6, 6.07) is 74.4. The van der Waals surface area contributed by atoms with Gasteiger partial charge in [0.05, 0.1) is 11.4 Å². The average molecular weight is 728 g/mol. The van der Waals surface area contributed by atoms with E-state index in [1.165, 1.54) is 108 Å². The molecule has 12 rings (SSSR count). The van der Waals surface area contributed by atoms with Crippen LogP contribution in [0.3, 0.4) is 0 Å². The Morgan fingerprint density at radius 1 is 0.268 bits per heavy atom. The fraction of sp³-hybridized carbons (Fsp3) is 0. The zero-order chi connectivity index (χ0) is 36.7. The van der Waals surface area contributed by atoms with Gasteiger partial charge in [0.1, 0.15) is 0 Å². The van der Waals surface area contributed by atoms with Crippen molar-refractivity contribution >= 4 is 102 Å². The maximum absolute atomic E-state index is 2.48. The second kappa shape index (κ2) is 12.3. The first-order chi connectivity index (χ1) is 27.8. The monoisotopic (exact) mass is 727 g/mol. The lowest BCUT2D eigenvalue weighted by atomic mass is 9.92. The Kier molecular flexibility index (Phi) is 6.87. The topological polar surface area (TPSA) is 3.24 Å². The van der Waals surface area contributed by atoms with Gasteiger partial charge in [-0.3, -0.25) is 0 Å². The summed E-state index contributed by atoms with van der Waals surface area (Å²) in [4.78, 5) is 2.48. The number of hydrogen-bond acceptors (Lipinski definition) is 2. The predicted molar refractivity (Wildman–Crippen MR) is 244 cm³/mol. The Labute approximate surface area is 328 Å². The van der Waals surface area contributed by atoms with Gasteiger partial charge in [-0.2, -0.15) is 0 Å². The van der Waals surface area contributed by atoms with Crippen LogP contribution in [0.15, 0.2) is 200 Å². The molecule has 1 aliphatic rings. The van der Waals surface area contributed by atoms with Gasteiger partial charge < -0.3 is 4.90 Å². The summed E-state index contributed by atoms with van der Waals surface area (Å²) in [5, 5.41) is 15.0. The molecule has 1 aliphatic heterocycles. The van der Waals surface area contributed by atoms with Gasteiger partial charge in [-0.25, -0.2) is 0 Å². The Balaban J connectivity index is 1.32. The lowest BCUT2D eigenvalue weighted by Crippen LogP contribution is -2.10. The fourth-order valence-corrected chi connectivity index (χ4v) is 10.6. The number of hydrogen-bond donors (Lipinski definition) is 0. The van der Waals surface area contributed by atoms with E-state index in [-0.39, 0.29) is 0 Å². The molecule has 0 saturated heterocycles. The van der Waals surface area contributed by atoms with Crippen LogP contribution >= 0.6 is 11.3 Å². The van der Waals surface area contributed by atoms with Gasteiger partial charge in [0.2, 0.25) is 0 Å². The standard InChI is InChI=1S/C54H33NS/c1-2-16-36-35(15-1)37-17-3-6-21-41(37)48-33-34(55-49-26-12-9-22-43(49)38-18-4-5-19-39(38)44-23-10-13-27-50(44)55)29-30-42(48)46-31-32-52-54(47-25-11-14-28-51(47)56-52)53(46)45-24-8-7-20-40(36)45/h1-33H. The van der Waals surface area contributed by atoms with Crippen LogP contribution in [0.5, 0.6) is 0 Å². The van der Waals surface area contributed by atoms with Crippen LogP contribution in [-0.4, -0.2) is 0 Å². The van der Waals surface area contributed by atoms with Crippen molar-refractivity contribution in [2.45, 2.75) is 0 Å². The van der Waals surface area contributed by atoms with Crippen molar-refractivity contribution < 1.29 is 0 Å². The number of rotatable bonds is 1. The fourth-order valence-electron chi connectivity index (χ4n) is 9.45. The van der Waals surface area contributed by atoms with Crippen molar-refractivity contribution in [3.05, 3.63) is 200 Å². The van der Waals surface area contributed by atoms with E-state index in [0.717, 1.165) is 5.69 Å². The molecule has 0 radical (unpaired) electrons. The molecule has 2 heteroatoms. The molecule has 0 bridgehead atoms. The van der Waals surface area contributed by atoms with Crippen molar-refractivity contribution in [3.8, 4) is 22.3 Å². The molecule has 0 unspecified atom stereocenters. The van der Waals surface area contributed by atoms with Gasteiger partial charge in [-0.05, 0) is 101 Å². The van der Waals surface area contributed by atoms with Crippen LogP contribution in [0.1, 0.15) is 0 Å². The Morgan fingerprint density at radius 2 is 0.679 bits per heavy atom. The van der Waals surface area contributed by atoms with E-state index in [1.54, 1.807) is 0 Å². The molecule has 2 heterocycles. The van der Waals surface area contributed by atoms with Gasteiger partial charge >= 0.3 is 0 Å². The van der Waals surface area contributed by atoms with Crippen LogP contribution in [0.4, 0.5) is 17.1 Å². The Bertz CT molecular complexity index is 3430. The molecular formula is C54H33NS. The first kappa shape index (κ1) is 31.4. The number of anilines is 3. The molecule has 0 spiro atoms. The summed E-state index contributed by atoms with van der Waals surface area (Å²) in [5.74, 6) is 0. The smallest absolute Gasteiger partial charge is 0.0540 e. The molecule has 1 nitrogen and oxygen atoms in total. The minimum absolute atomic E-state index is 1.13. The van der Waals surface area contributed by atoms with E-state index in [9.17, 15) is 0 Å². The molecule has 11 aromatic rings. The zero-order valence-electron chi connectivity index (χ0n) is 30.4. The van der Waals surface area contributed by atoms with E-state index >= 15 is 0 Å². The molecule has 0 N–H and O–H groups in total. The highest BCUT2D eigenvalue weighted by Crippen LogP contribution is 2.51. The first-order valence-corrected chi connectivity index (χ1v) is 20.1. The lowest BCUT2D eigenvalue weighted by Gasteiger charge is -2.27. The van der Waals surface area contributed by atoms with E-state index in [1.807, 2.05) is 11.3 Å². The molecule has 0 aliphatic carbocycles. The van der Waals surface area contributed by atoms with Crippen LogP contribution < -0.4 is 4.90 Å². The Morgan fingerprint density at radius 3 is 1.29 bits per heavy atom. The van der Waals surface area contributed by atoms with E-state index in [4.69, 9.17) is 0 Å². The van der Waals surface area contributed by atoms with Gasteiger partial charge in [-0.1, -0.05) is 164 Å². The van der Waals surface area contributed by atoms with Gasteiger partial charge in [0.15, 0.2) is 0 Å². The summed E-state index contributed by atoms with van der Waals surface area (Å²) < 4.78 is 2.62. The highest BCUT2D eigenvalue weighted by molar-refractivity contribution is 7.26. The Hall–Kier alpha value is -7.00. The number of fused-ring (bicyclic) bond motifs is 19. The quantitative estimate of drug-likeness (QED) is 0.163. The molecule has 0 amide bonds. The number of para-hydroxylation sites is 2.